The zero-order valence-corrected chi connectivity index (χ0v) is 13.8. The first-order valence-corrected chi connectivity index (χ1v) is 7.65. The molecule has 130 valence electrons. The SMILES string of the molecule is COc1ccccc1C(=O)N(C)Cc1nc2ccccc2n1C(F)F. The number of fused-ring (bicyclic) bond motifs is 1. The Bertz CT molecular complexity index is 908. The highest BCUT2D eigenvalue weighted by molar-refractivity contribution is 5.96. The van der Waals surface area contributed by atoms with E-state index in [1.165, 1.54) is 12.0 Å². The fourth-order valence-corrected chi connectivity index (χ4v) is 2.73. The van der Waals surface area contributed by atoms with Crippen LogP contribution in [0.1, 0.15) is 22.7 Å². The van der Waals surface area contributed by atoms with Gasteiger partial charge in [0.2, 0.25) is 0 Å². The molecular weight excluding hydrogens is 328 g/mol. The summed E-state index contributed by atoms with van der Waals surface area (Å²) in [6, 6.07) is 13.4. The summed E-state index contributed by atoms with van der Waals surface area (Å²) in [5, 5.41) is 0. The number of aromatic nitrogens is 2. The van der Waals surface area contributed by atoms with Crippen LogP contribution >= 0.6 is 0 Å². The lowest BCUT2D eigenvalue weighted by Crippen LogP contribution is -2.28. The van der Waals surface area contributed by atoms with Crippen molar-refractivity contribution in [3.8, 4) is 5.75 Å². The molecule has 0 saturated heterocycles. The summed E-state index contributed by atoms with van der Waals surface area (Å²) in [6.07, 6.45) is 0. The van der Waals surface area contributed by atoms with Crippen LogP contribution in [0, 0.1) is 0 Å². The van der Waals surface area contributed by atoms with Gasteiger partial charge >= 0.3 is 6.55 Å². The minimum Gasteiger partial charge on any atom is -0.496 e. The Labute approximate surface area is 143 Å². The molecule has 0 aliphatic carbocycles. The zero-order valence-electron chi connectivity index (χ0n) is 13.8. The highest BCUT2D eigenvalue weighted by Crippen LogP contribution is 2.25. The number of nitrogens with zero attached hydrogens (tertiary/aromatic N) is 3. The van der Waals surface area contributed by atoms with Gasteiger partial charge in [-0.05, 0) is 24.3 Å². The lowest BCUT2D eigenvalue weighted by Gasteiger charge is -2.19. The van der Waals surface area contributed by atoms with E-state index >= 15 is 0 Å². The summed E-state index contributed by atoms with van der Waals surface area (Å²) in [5.41, 5.74) is 1.17. The van der Waals surface area contributed by atoms with E-state index in [1.807, 2.05) is 0 Å². The summed E-state index contributed by atoms with van der Waals surface area (Å²) in [6.45, 7) is -2.78. The Hall–Kier alpha value is -2.96. The maximum Gasteiger partial charge on any atom is 0.320 e. The summed E-state index contributed by atoms with van der Waals surface area (Å²) in [5.74, 6) is 0.231. The normalized spacial score (nSPS) is 11.1. The van der Waals surface area contributed by atoms with Gasteiger partial charge in [-0.25, -0.2) is 4.98 Å². The second-order valence-electron chi connectivity index (χ2n) is 5.53. The zero-order chi connectivity index (χ0) is 18.0. The fourth-order valence-electron chi connectivity index (χ4n) is 2.73. The number of rotatable bonds is 5. The quantitative estimate of drug-likeness (QED) is 0.708. The van der Waals surface area contributed by atoms with Crippen LogP contribution in [-0.4, -0.2) is 34.5 Å². The van der Waals surface area contributed by atoms with E-state index in [0.717, 1.165) is 4.57 Å². The Kier molecular flexibility index (Phi) is 4.65. The molecule has 1 aromatic heterocycles. The van der Waals surface area contributed by atoms with Crippen molar-refractivity contribution in [1.82, 2.24) is 14.5 Å². The topological polar surface area (TPSA) is 47.4 Å². The molecule has 0 aliphatic heterocycles. The number of carbonyl (C=O) groups is 1. The number of hydrogen-bond donors (Lipinski definition) is 0. The first kappa shape index (κ1) is 16.9. The van der Waals surface area contributed by atoms with Gasteiger partial charge in [0.15, 0.2) is 0 Å². The number of alkyl halides is 2. The van der Waals surface area contributed by atoms with E-state index in [4.69, 9.17) is 4.74 Å². The highest BCUT2D eigenvalue weighted by atomic mass is 19.3. The molecule has 0 aliphatic rings. The third-order valence-electron chi connectivity index (χ3n) is 3.93. The molecule has 0 bridgehead atoms. The summed E-state index contributed by atoms with van der Waals surface area (Å²) < 4.78 is 33.0. The molecule has 0 unspecified atom stereocenters. The monoisotopic (exact) mass is 345 g/mol. The maximum absolute atomic E-state index is 13.5. The standard InChI is InChI=1S/C18H17F2N3O2/c1-22(17(24)12-7-3-6-10-15(12)25-2)11-16-21-13-8-4-5-9-14(13)23(16)18(19)20/h3-10,18H,11H2,1-2H3. The molecule has 3 rings (SSSR count). The average molecular weight is 345 g/mol. The molecule has 0 saturated carbocycles. The number of benzene rings is 2. The van der Waals surface area contributed by atoms with E-state index in [1.54, 1.807) is 55.6 Å². The van der Waals surface area contributed by atoms with Crippen molar-refractivity contribution in [1.29, 1.82) is 0 Å². The van der Waals surface area contributed by atoms with Crippen molar-refractivity contribution < 1.29 is 18.3 Å². The second-order valence-corrected chi connectivity index (χ2v) is 5.53. The Morgan fingerprint density at radius 2 is 1.88 bits per heavy atom. The highest BCUT2D eigenvalue weighted by Gasteiger charge is 2.22. The van der Waals surface area contributed by atoms with Gasteiger partial charge in [0, 0.05) is 7.05 Å². The number of imidazole rings is 1. The molecule has 0 fully saturated rings. The average Bonchev–Trinajstić information content (AvgIpc) is 2.98. The van der Waals surface area contributed by atoms with Gasteiger partial charge in [-0.2, -0.15) is 8.78 Å². The van der Waals surface area contributed by atoms with Crippen molar-refractivity contribution in [2.45, 2.75) is 13.1 Å². The molecule has 3 aromatic rings. The molecular formula is C18H17F2N3O2. The summed E-state index contributed by atoms with van der Waals surface area (Å²) in [7, 11) is 3.02. The van der Waals surface area contributed by atoms with Crippen LogP contribution in [0.15, 0.2) is 48.5 Å². The molecule has 0 spiro atoms. The van der Waals surface area contributed by atoms with Crippen molar-refractivity contribution >= 4 is 16.9 Å². The summed E-state index contributed by atoms with van der Waals surface area (Å²) in [4.78, 5) is 18.2. The van der Waals surface area contributed by atoms with Crippen LogP contribution in [0.2, 0.25) is 0 Å². The largest absolute Gasteiger partial charge is 0.496 e. The third-order valence-corrected chi connectivity index (χ3v) is 3.93. The molecule has 0 radical (unpaired) electrons. The Balaban J connectivity index is 1.93. The van der Waals surface area contributed by atoms with Gasteiger partial charge in [0.25, 0.3) is 5.91 Å². The van der Waals surface area contributed by atoms with Crippen LogP contribution < -0.4 is 4.74 Å². The predicted octanol–water partition coefficient (Wildman–Crippen LogP) is 3.71. The first-order chi connectivity index (χ1) is 12.0. The molecule has 7 heteroatoms. The maximum atomic E-state index is 13.5. The van der Waals surface area contributed by atoms with E-state index in [0.29, 0.717) is 22.3 Å². The summed E-state index contributed by atoms with van der Waals surface area (Å²) >= 11 is 0. The molecule has 2 aromatic carbocycles. The van der Waals surface area contributed by atoms with Crippen LogP contribution in [-0.2, 0) is 6.54 Å². The second kappa shape index (κ2) is 6.88. The van der Waals surface area contributed by atoms with Gasteiger partial charge in [0.1, 0.15) is 11.6 Å². The minimum absolute atomic E-state index is 0.0457. The van der Waals surface area contributed by atoms with Crippen molar-refractivity contribution in [3.63, 3.8) is 0 Å². The number of halogens is 2. The van der Waals surface area contributed by atoms with Gasteiger partial charge < -0.3 is 9.64 Å². The van der Waals surface area contributed by atoms with Gasteiger partial charge in [-0.1, -0.05) is 24.3 Å². The molecule has 1 heterocycles. The molecule has 25 heavy (non-hydrogen) atoms. The fraction of sp³-hybridized carbons (Fsp3) is 0.222. The Morgan fingerprint density at radius 1 is 1.20 bits per heavy atom. The van der Waals surface area contributed by atoms with E-state index in [2.05, 4.69) is 4.98 Å². The smallest absolute Gasteiger partial charge is 0.320 e. The number of carbonyl (C=O) groups excluding carboxylic acids is 1. The van der Waals surface area contributed by atoms with Crippen molar-refractivity contribution in [2.75, 3.05) is 14.2 Å². The van der Waals surface area contributed by atoms with Crippen LogP contribution in [0.5, 0.6) is 5.75 Å². The third kappa shape index (κ3) is 3.17. The van der Waals surface area contributed by atoms with E-state index in [9.17, 15) is 13.6 Å². The van der Waals surface area contributed by atoms with Gasteiger partial charge in [-0.3, -0.25) is 9.36 Å². The van der Waals surface area contributed by atoms with Crippen LogP contribution in [0.3, 0.4) is 0 Å². The van der Waals surface area contributed by atoms with Crippen LogP contribution in [0.4, 0.5) is 8.78 Å². The van der Waals surface area contributed by atoms with Gasteiger partial charge in [-0.15, -0.1) is 0 Å². The number of para-hydroxylation sites is 3. The minimum atomic E-state index is -2.74. The van der Waals surface area contributed by atoms with E-state index in [-0.39, 0.29) is 18.3 Å². The molecule has 5 nitrogen and oxygen atoms in total. The number of methoxy groups -OCH3 is 1. The van der Waals surface area contributed by atoms with Crippen molar-refractivity contribution in [3.05, 3.63) is 59.9 Å². The van der Waals surface area contributed by atoms with E-state index < -0.39 is 6.55 Å². The number of amides is 1. The first-order valence-electron chi connectivity index (χ1n) is 7.65. The lowest BCUT2D eigenvalue weighted by atomic mass is 10.2. The predicted molar refractivity (Wildman–Crippen MR) is 89.8 cm³/mol. The number of hydrogen-bond acceptors (Lipinski definition) is 3. The number of ether oxygens (including phenoxy) is 1. The van der Waals surface area contributed by atoms with Gasteiger partial charge in [0.05, 0.1) is 30.3 Å². The molecule has 0 N–H and O–H groups in total. The lowest BCUT2D eigenvalue weighted by molar-refractivity contribution is 0.0645. The van der Waals surface area contributed by atoms with Crippen molar-refractivity contribution in [2.24, 2.45) is 0 Å². The Morgan fingerprint density at radius 3 is 2.60 bits per heavy atom. The molecule has 1 amide bonds. The molecule has 0 atom stereocenters. The van der Waals surface area contributed by atoms with Crippen LogP contribution in [0.25, 0.3) is 11.0 Å².